The third-order valence-corrected chi connectivity index (χ3v) is 4.90. The minimum Gasteiger partial charge on any atom is -0.482 e. The van der Waals surface area contributed by atoms with E-state index < -0.39 is 17.5 Å². The van der Waals surface area contributed by atoms with Gasteiger partial charge in [0.25, 0.3) is 0 Å². The summed E-state index contributed by atoms with van der Waals surface area (Å²) in [5.74, 6) is 4.66. The maximum absolute atomic E-state index is 13.8. The van der Waals surface area contributed by atoms with E-state index in [1.54, 1.807) is 18.2 Å². The molecule has 146 valence electrons. The van der Waals surface area contributed by atoms with Crippen molar-refractivity contribution >= 4 is 39.3 Å². The molecule has 0 aliphatic heterocycles. The smallest absolute Gasteiger partial charge is 0.234 e. The molecule has 0 bridgehead atoms. The normalized spacial score (nSPS) is 10.7. The van der Waals surface area contributed by atoms with Gasteiger partial charge in [0, 0.05) is 4.47 Å². The fourth-order valence-corrected chi connectivity index (χ4v) is 3.12. The van der Waals surface area contributed by atoms with Gasteiger partial charge in [-0.05, 0) is 30.3 Å². The molecule has 2 aromatic carbocycles. The first-order valence-electron chi connectivity index (χ1n) is 7.88. The van der Waals surface area contributed by atoms with Crippen molar-refractivity contribution < 1.29 is 18.3 Å². The van der Waals surface area contributed by atoms with Gasteiger partial charge in [0.2, 0.25) is 11.1 Å². The van der Waals surface area contributed by atoms with Gasteiger partial charge in [0.15, 0.2) is 17.4 Å². The number of carbonyl (C=O) groups excluding carboxylic acids is 1. The summed E-state index contributed by atoms with van der Waals surface area (Å²) in [7, 11) is 0. The molecule has 3 aromatic rings. The van der Waals surface area contributed by atoms with E-state index in [-0.39, 0.29) is 34.8 Å². The van der Waals surface area contributed by atoms with Crippen LogP contribution in [-0.4, -0.2) is 26.5 Å². The first-order chi connectivity index (χ1) is 13.4. The molecular weight excluding hydrogens is 456 g/mol. The number of hydrogen-bond donors (Lipinski definition) is 2. The SMILES string of the molecule is Nn1c(COc2ccccc2F)nnc1SCC(=O)Nc1ccc(Br)cc1F. The minimum absolute atomic E-state index is 0.0565. The summed E-state index contributed by atoms with van der Waals surface area (Å²) >= 11 is 4.17. The van der Waals surface area contributed by atoms with E-state index in [0.29, 0.717) is 4.47 Å². The molecule has 0 fully saturated rings. The number of aromatic nitrogens is 3. The number of rotatable bonds is 7. The number of nitrogens with zero attached hydrogens (tertiary/aromatic N) is 3. The number of benzene rings is 2. The highest BCUT2D eigenvalue weighted by Gasteiger charge is 2.14. The molecule has 3 rings (SSSR count). The number of ether oxygens (including phenoxy) is 1. The Kier molecular flexibility index (Phi) is 6.47. The zero-order valence-corrected chi connectivity index (χ0v) is 16.6. The Labute approximate surface area is 171 Å². The molecule has 11 heteroatoms. The van der Waals surface area contributed by atoms with E-state index >= 15 is 0 Å². The Morgan fingerprint density at radius 1 is 1.21 bits per heavy atom. The lowest BCUT2D eigenvalue weighted by molar-refractivity contribution is -0.113. The first kappa shape index (κ1) is 20.1. The molecule has 0 saturated heterocycles. The number of carbonyl (C=O) groups is 1. The quantitative estimate of drug-likeness (QED) is 0.407. The van der Waals surface area contributed by atoms with Gasteiger partial charge in [-0.25, -0.2) is 13.5 Å². The summed E-state index contributed by atoms with van der Waals surface area (Å²) in [4.78, 5) is 12.0. The lowest BCUT2D eigenvalue weighted by atomic mass is 10.3. The van der Waals surface area contributed by atoms with Crippen LogP contribution in [0.25, 0.3) is 0 Å². The van der Waals surface area contributed by atoms with E-state index in [9.17, 15) is 13.6 Å². The highest BCUT2D eigenvalue weighted by atomic mass is 79.9. The van der Waals surface area contributed by atoms with Gasteiger partial charge in [-0.3, -0.25) is 4.79 Å². The maximum atomic E-state index is 13.8. The topological polar surface area (TPSA) is 95.1 Å². The maximum Gasteiger partial charge on any atom is 0.234 e. The Bertz CT molecular complexity index is 1000. The molecule has 1 heterocycles. The number of nitrogens with one attached hydrogen (secondary N) is 1. The summed E-state index contributed by atoms with van der Waals surface area (Å²) < 4.78 is 34.4. The van der Waals surface area contributed by atoms with Crippen LogP contribution in [0.4, 0.5) is 14.5 Å². The lowest BCUT2D eigenvalue weighted by Crippen LogP contribution is -2.18. The second-order valence-electron chi connectivity index (χ2n) is 5.45. The molecule has 0 saturated carbocycles. The van der Waals surface area contributed by atoms with Gasteiger partial charge in [-0.2, -0.15) is 0 Å². The number of halogens is 3. The largest absolute Gasteiger partial charge is 0.482 e. The molecule has 7 nitrogen and oxygen atoms in total. The van der Waals surface area contributed by atoms with Crippen molar-refractivity contribution in [1.29, 1.82) is 0 Å². The van der Waals surface area contributed by atoms with Crippen LogP contribution in [0, 0.1) is 11.6 Å². The van der Waals surface area contributed by atoms with Crippen LogP contribution in [0.5, 0.6) is 5.75 Å². The minimum atomic E-state index is -0.553. The monoisotopic (exact) mass is 469 g/mol. The van der Waals surface area contributed by atoms with E-state index in [1.165, 1.54) is 24.3 Å². The highest BCUT2D eigenvalue weighted by Crippen LogP contribution is 2.21. The molecule has 0 aliphatic carbocycles. The van der Waals surface area contributed by atoms with Crippen molar-refractivity contribution in [3.05, 3.63) is 64.4 Å². The fraction of sp³-hybridized carbons (Fsp3) is 0.118. The predicted octanol–water partition coefficient (Wildman–Crippen LogP) is 3.34. The Morgan fingerprint density at radius 2 is 2.00 bits per heavy atom. The van der Waals surface area contributed by atoms with E-state index in [4.69, 9.17) is 10.6 Å². The summed E-state index contributed by atoms with van der Waals surface area (Å²) in [5, 5.41) is 10.5. The second kappa shape index (κ2) is 9.02. The van der Waals surface area contributed by atoms with Crippen LogP contribution in [0.15, 0.2) is 52.1 Å². The van der Waals surface area contributed by atoms with Crippen molar-refractivity contribution in [3.8, 4) is 5.75 Å². The van der Waals surface area contributed by atoms with E-state index in [0.717, 1.165) is 16.4 Å². The molecule has 0 aliphatic rings. The summed E-state index contributed by atoms with van der Waals surface area (Å²) in [6, 6.07) is 10.3. The molecule has 0 radical (unpaired) electrons. The molecule has 1 amide bonds. The van der Waals surface area contributed by atoms with Crippen molar-refractivity contribution in [2.24, 2.45) is 0 Å². The standard InChI is InChI=1S/C17H14BrF2N5O2S/c18-10-5-6-13(12(20)7-10)22-16(26)9-28-17-24-23-15(25(17)21)8-27-14-4-2-1-3-11(14)19/h1-7H,8-9,21H2,(H,22,26). The number of nitrogen functional groups attached to an aromatic ring is 1. The third-order valence-electron chi connectivity index (χ3n) is 3.47. The molecule has 0 spiro atoms. The van der Waals surface area contributed by atoms with Crippen LogP contribution in [-0.2, 0) is 11.4 Å². The Balaban J connectivity index is 1.55. The van der Waals surface area contributed by atoms with Gasteiger partial charge >= 0.3 is 0 Å². The molecular formula is C17H14BrF2N5O2S. The van der Waals surface area contributed by atoms with Gasteiger partial charge in [0.05, 0.1) is 11.4 Å². The van der Waals surface area contributed by atoms with Crippen LogP contribution < -0.4 is 15.9 Å². The highest BCUT2D eigenvalue weighted by molar-refractivity contribution is 9.10. The molecule has 3 N–H and O–H groups in total. The van der Waals surface area contributed by atoms with Gasteiger partial charge in [0.1, 0.15) is 12.4 Å². The molecule has 0 unspecified atom stereocenters. The number of nitrogens with two attached hydrogens (primary N) is 1. The van der Waals surface area contributed by atoms with Crippen molar-refractivity contribution in [3.63, 3.8) is 0 Å². The van der Waals surface area contributed by atoms with Gasteiger partial charge < -0.3 is 15.9 Å². The second-order valence-corrected chi connectivity index (χ2v) is 7.31. The summed E-state index contributed by atoms with van der Waals surface area (Å²) in [6.07, 6.45) is 0. The molecule has 28 heavy (non-hydrogen) atoms. The predicted molar refractivity (Wildman–Crippen MR) is 104 cm³/mol. The van der Waals surface area contributed by atoms with Gasteiger partial charge in [-0.1, -0.05) is 39.8 Å². The zero-order chi connectivity index (χ0) is 20.1. The Morgan fingerprint density at radius 3 is 2.75 bits per heavy atom. The van der Waals surface area contributed by atoms with Crippen molar-refractivity contribution in [2.45, 2.75) is 11.8 Å². The number of amides is 1. The molecule has 1 aromatic heterocycles. The zero-order valence-electron chi connectivity index (χ0n) is 14.2. The van der Waals surface area contributed by atoms with Crippen molar-refractivity contribution in [1.82, 2.24) is 14.9 Å². The summed E-state index contributed by atoms with van der Waals surface area (Å²) in [6.45, 7) is -0.0959. The molecule has 0 atom stereocenters. The van der Waals surface area contributed by atoms with Crippen molar-refractivity contribution in [2.75, 3.05) is 16.9 Å². The van der Waals surface area contributed by atoms with Crippen LogP contribution in [0.3, 0.4) is 0 Å². The average molecular weight is 470 g/mol. The summed E-state index contributed by atoms with van der Waals surface area (Å²) in [5.41, 5.74) is 0.0713. The first-order valence-corrected chi connectivity index (χ1v) is 9.66. The number of anilines is 1. The average Bonchev–Trinajstić information content (AvgIpc) is 3.01. The third kappa shape index (κ3) is 4.98. The van der Waals surface area contributed by atoms with Crippen LogP contribution in [0.1, 0.15) is 5.82 Å². The Hall–Kier alpha value is -2.66. The van der Waals surface area contributed by atoms with Crippen LogP contribution >= 0.6 is 27.7 Å². The number of hydrogen-bond acceptors (Lipinski definition) is 6. The van der Waals surface area contributed by atoms with Gasteiger partial charge in [-0.15, -0.1) is 10.2 Å². The fourth-order valence-electron chi connectivity index (χ4n) is 2.12. The number of para-hydroxylation sites is 1. The number of thioether (sulfide) groups is 1. The van der Waals surface area contributed by atoms with Crippen LogP contribution in [0.2, 0.25) is 0 Å². The van der Waals surface area contributed by atoms with E-state index in [1.807, 2.05) is 0 Å². The van der Waals surface area contributed by atoms with E-state index in [2.05, 4.69) is 31.4 Å². The lowest BCUT2D eigenvalue weighted by Gasteiger charge is -2.08.